The third kappa shape index (κ3) is 6.36. The summed E-state index contributed by atoms with van der Waals surface area (Å²) in [7, 11) is 0. The number of aliphatic hydroxyl groups excluding tert-OH is 2. The molecule has 0 aliphatic heterocycles. The molecule has 17 heavy (non-hydrogen) atoms. The maximum absolute atomic E-state index is 9.71. The first-order valence-corrected chi connectivity index (χ1v) is 6.75. The Labute approximate surface area is 104 Å². The van der Waals surface area contributed by atoms with Gasteiger partial charge in [0.1, 0.15) is 0 Å². The quantitative estimate of drug-likeness (QED) is 0.624. The van der Waals surface area contributed by atoms with Gasteiger partial charge in [-0.3, -0.25) is 0 Å². The topological polar surface area (TPSA) is 61.7 Å². The first kappa shape index (κ1) is 14.9. The fourth-order valence-corrected chi connectivity index (χ4v) is 2.10. The molecule has 0 aromatic rings. The van der Waals surface area contributed by atoms with Gasteiger partial charge in [0, 0.05) is 12.6 Å². The molecule has 1 aliphatic rings. The predicted molar refractivity (Wildman–Crippen MR) is 67.9 cm³/mol. The molecule has 2 unspecified atom stereocenters. The summed E-state index contributed by atoms with van der Waals surface area (Å²) in [6.45, 7) is 5.13. The van der Waals surface area contributed by atoms with Gasteiger partial charge in [-0.25, -0.2) is 0 Å². The smallest absolute Gasteiger partial charge is 0.0897 e. The summed E-state index contributed by atoms with van der Waals surface area (Å²) in [6, 6.07) is 0.0279. The highest BCUT2D eigenvalue weighted by Crippen LogP contribution is 2.25. The van der Waals surface area contributed by atoms with Crippen LogP contribution in [0.15, 0.2) is 0 Å². The van der Waals surface area contributed by atoms with Crippen molar-refractivity contribution in [3.8, 4) is 0 Å². The third-order valence-corrected chi connectivity index (χ3v) is 3.46. The lowest BCUT2D eigenvalue weighted by Gasteiger charge is -2.27. The van der Waals surface area contributed by atoms with Gasteiger partial charge < -0.3 is 20.3 Å². The molecule has 0 radical (unpaired) electrons. The molecule has 4 heteroatoms. The lowest BCUT2D eigenvalue weighted by molar-refractivity contribution is -0.0286. The van der Waals surface area contributed by atoms with Crippen molar-refractivity contribution in [2.24, 2.45) is 5.92 Å². The molecule has 0 amide bonds. The first-order chi connectivity index (χ1) is 8.11. The third-order valence-electron chi connectivity index (χ3n) is 3.46. The second-order valence-electron chi connectivity index (χ2n) is 5.36. The van der Waals surface area contributed by atoms with Gasteiger partial charge in [-0.1, -0.05) is 6.92 Å². The fraction of sp³-hybridized carbons (Fsp3) is 1.00. The maximum Gasteiger partial charge on any atom is 0.0897 e. The zero-order valence-electron chi connectivity index (χ0n) is 11.1. The van der Waals surface area contributed by atoms with Crippen molar-refractivity contribution < 1.29 is 14.9 Å². The largest absolute Gasteiger partial charge is 0.395 e. The molecule has 4 nitrogen and oxygen atoms in total. The van der Waals surface area contributed by atoms with Gasteiger partial charge in [-0.2, -0.15) is 0 Å². The van der Waals surface area contributed by atoms with Crippen molar-refractivity contribution >= 4 is 0 Å². The summed E-state index contributed by atoms with van der Waals surface area (Å²) in [6.07, 6.45) is 4.56. The van der Waals surface area contributed by atoms with Crippen LogP contribution in [0.3, 0.4) is 0 Å². The van der Waals surface area contributed by atoms with E-state index in [4.69, 9.17) is 9.84 Å². The summed E-state index contributed by atoms with van der Waals surface area (Å²) in [5.41, 5.74) is 0. The van der Waals surface area contributed by atoms with Crippen molar-refractivity contribution in [1.82, 2.24) is 5.32 Å². The summed E-state index contributed by atoms with van der Waals surface area (Å²) in [5.74, 6) is 0.826. The summed E-state index contributed by atoms with van der Waals surface area (Å²) in [5, 5.41) is 21.6. The van der Waals surface area contributed by atoms with Crippen LogP contribution in [-0.2, 0) is 4.74 Å². The first-order valence-electron chi connectivity index (χ1n) is 6.75. The highest BCUT2D eigenvalue weighted by atomic mass is 16.5. The highest BCUT2D eigenvalue weighted by molar-refractivity contribution is 4.71. The molecule has 0 heterocycles. The number of aliphatic hydroxyl groups is 2. The van der Waals surface area contributed by atoms with E-state index in [0.29, 0.717) is 19.3 Å². The van der Waals surface area contributed by atoms with Gasteiger partial charge in [0.15, 0.2) is 0 Å². The van der Waals surface area contributed by atoms with Crippen LogP contribution in [0.25, 0.3) is 0 Å². The Hall–Kier alpha value is -0.160. The zero-order valence-corrected chi connectivity index (χ0v) is 11.1. The Morgan fingerprint density at radius 1 is 1.29 bits per heavy atom. The van der Waals surface area contributed by atoms with E-state index in [-0.39, 0.29) is 12.6 Å². The van der Waals surface area contributed by atoms with Gasteiger partial charge in [0.2, 0.25) is 0 Å². The van der Waals surface area contributed by atoms with Crippen molar-refractivity contribution in [3.63, 3.8) is 0 Å². The van der Waals surface area contributed by atoms with Crippen LogP contribution in [0.5, 0.6) is 0 Å². The summed E-state index contributed by atoms with van der Waals surface area (Å²) < 4.78 is 5.71. The minimum absolute atomic E-state index is 0.0279. The van der Waals surface area contributed by atoms with E-state index in [9.17, 15) is 5.11 Å². The molecule has 2 atom stereocenters. The van der Waals surface area contributed by atoms with E-state index in [0.717, 1.165) is 18.8 Å². The average Bonchev–Trinajstić information content (AvgIpc) is 2.35. The zero-order chi connectivity index (χ0) is 12.7. The molecule has 102 valence electrons. The lowest BCUT2D eigenvalue weighted by atomic mass is 9.89. The Balaban J connectivity index is 2.05. The van der Waals surface area contributed by atoms with Crippen molar-refractivity contribution in [2.75, 3.05) is 19.8 Å². The van der Waals surface area contributed by atoms with Crippen molar-refractivity contribution in [3.05, 3.63) is 0 Å². The Kier molecular flexibility index (Phi) is 7.04. The number of ether oxygens (including phenoxy) is 1. The molecule has 0 aromatic heterocycles. The van der Waals surface area contributed by atoms with Crippen LogP contribution < -0.4 is 5.32 Å². The molecule has 0 aromatic carbocycles. The SMILES string of the molecule is CC1CCC(OCC(O)CNC(C)CO)CC1. The number of nitrogens with one attached hydrogen (secondary N) is 1. The molecule has 0 saturated heterocycles. The summed E-state index contributed by atoms with van der Waals surface area (Å²) >= 11 is 0. The second-order valence-corrected chi connectivity index (χ2v) is 5.36. The molecular formula is C13H27NO3. The van der Waals surface area contributed by atoms with Crippen LogP contribution in [0, 0.1) is 5.92 Å². The molecule has 0 spiro atoms. The Morgan fingerprint density at radius 3 is 2.53 bits per heavy atom. The van der Waals surface area contributed by atoms with Gasteiger partial charge in [-0.15, -0.1) is 0 Å². The minimum atomic E-state index is -0.483. The second kappa shape index (κ2) is 8.03. The number of hydrogen-bond acceptors (Lipinski definition) is 4. The van der Waals surface area contributed by atoms with Crippen LogP contribution in [0.2, 0.25) is 0 Å². The normalized spacial score (nSPS) is 28.9. The monoisotopic (exact) mass is 245 g/mol. The lowest BCUT2D eigenvalue weighted by Crippen LogP contribution is -2.38. The standard InChI is InChI=1S/C13H27NO3/c1-10-3-5-13(6-4-10)17-9-12(16)7-14-11(2)8-15/h10-16H,3-9H2,1-2H3. The predicted octanol–water partition coefficient (Wildman–Crippen LogP) is 0.913. The number of rotatable bonds is 7. The number of hydrogen-bond donors (Lipinski definition) is 3. The molecule has 3 N–H and O–H groups in total. The van der Waals surface area contributed by atoms with Gasteiger partial charge in [-0.05, 0) is 38.5 Å². The van der Waals surface area contributed by atoms with Crippen molar-refractivity contribution in [1.29, 1.82) is 0 Å². The van der Waals surface area contributed by atoms with E-state index >= 15 is 0 Å². The van der Waals surface area contributed by atoms with Crippen LogP contribution in [-0.4, -0.2) is 48.2 Å². The van der Waals surface area contributed by atoms with E-state index in [1.807, 2.05) is 6.92 Å². The highest BCUT2D eigenvalue weighted by Gasteiger charge is 2.19. The van der Waals surface area contributed by atoms with Crippen LogP contribution in [0.1, 0.15) is 39.5 Å². The van der Waals surface area contributed by atoms with E-state index in [1.165, 1.54) is 12.8 Å². The van der Waals surface area contributed by atoms with Gasteiger partial charge in [0.05, 0.1) is 25.4 Å². The van der Waals surface area contributed by atoms with Crippen LogP contribution in [0.4, 0.5) is 0 Å². The van der Waals surface area contributed by atoms with Crippen molar-refractivity contribution in [2.45, 2.75) is 57.8 Å². The summed E-state index contributed by atoms with van der Waals surface area (Å²) in [4.78, 5) is 0. The molecular weight excluding hydrogens is 218 g/mol. The Morgan fingerprint density at radius 2 is 1.94 bits per heavy atom. The average molecular weight is 245 g/mol. The fourth-order valence-electron chi connectivity index (χ4n) is 2.10. The maximum atomic E-state index is 9.71. The van der Waals surface area contributed by atoms with Gasteiger partial charge in [0.25, 0.3) is 0 Å². The minimum Gasteiger partial charge on any atom is -0.395 e. The van der Waals surface area contributed by atoms with Crippen LogP contribution >= 0.6 is 0 Å². The van der Waals surface area contributed by atoms with E-state index in [2.05, 4.69) is 12.2 Å². The van der Waals surface area contributed by atoms with Gasteiger partial charge >= 0.3 is 0 Å². The molecule has 1 saturated carbocycles. The molecule has 1 aliphatic carbocycles. The Bertz CT molecular complexity index is 193. The molecule has 0 bridgehead atoms. The van der Waals surface area contributed by atoms with E-state index < -0.39 is 6.10 Å². The van der Waals surface area contributed by atoms with E-state index in [1.54, 1.807) is 0 Å². The molecule has 1 fully saturated rings. The molecule has 1 rings (SSSR count).